The Morgan fingerprint density at radius 3 is 2.41 bits per heavy atom. The van der Waals surface area contributed by atoms with E-state index in [-0.39, 0.29) is 11.8 Å². The van der Waals surface area contributed by atoms with E-state index in [0.29, 0.717) is 28.9 Å². The molecular formula is C21H26N4O2. The number of aryl methyl sites for hydroxylation is 1. The van der Waals surface area contributed by atoms with Gasteiger partial charge in [-0.1, -0.05) is 31.1 Å². The lowest BCUT2D eigenvalue weighted by molar-refractivity contribution is 0.0786. The van der Waals surface area contributed by atoms with Gasteiger partial charge in [0.25, 0.3) is 11.6 Å². The zero-order valence-corrected chi connectivity index (χ0v) is 16.8. The van der Waals surface area contributed by atoms with Crippen LogP contribution in [0.2, 0.25) is 0 Å². The summed E-state index contributed by atoms with van der Waals surface area (Å²) in [6.45, 7) is 6.44. The number of aromatic nitrogens is 2. The third-order valence-electron chi connectivity index (χ3n) is 4.68. The highest BCUT2D eigenvalue weighted by Crippen LogP contribution is 2.26. The molecule has 6 heteroatoms. The number of hydrogen-bond acceptors (Lipinski definition) is 5. The van der Waals surface area contributed by atoms with Crippen LogP contribution in [0.5, 0.6) is 0 Å². The Hall–Kier alpha value is -2.89. The zero-order valence-electron chi connectivity index (χ0n) is 16.8. The summed E-state index contributed by atoms with van der Waals surface area (Å²) in [5.41, 5.74) is 4.73. The molecule has 0 fully saturated rings. The maximum absolute atomic E-state index is 13.2. The summed E-state index contributed by atoms with van der Waals surface area (Å²) in [5, 5.41) is 4.69. The fraction of sp³-hybridized carbons (Fsp3) is 0.381. The van der Waals surface area contributed by atoms with Crippen LogP contribution in [0.3, 0.4) is 0 Å². The maximum Gasteiger partial charge on any atom is 0.259 e. The van der Waals surface area contributed by atoms with E-state index in [1.54, 1.807) is 4.90 Å². The van der Waals surface area contributed by atoms with Crippen LogP contribution in [0.15, 0.2) is 34.9 Å². The van der Waals surface area contributed by atoms with Gasteiger partial charge in [0.05, 0.1) is 16.6 Å². The first-order valence-electron chi connectivity index (χ1n) is 9.06. The fourth-order valence-electron chi connectivity index (χ4n) is 3.03. The zero-order chi connectivity index (χ0) is 19.7. The lowest BCUT2D eigenvalue weighted by Gasteiger charge is -2.19. The molecule has 2 heterocycles. The number of amides is 1. The highest BCUT2D eigenvalue weighted by molar-refractivity contribution is 6.05. The van der Waals surface area contributed by atoms with Crippen LogP contribution >= 0.6 is 0 Å². The smallest absolute Gasteiger partial charge is 0.259 e. The molecule has 0 aliphatic carbocycles. The molecule has 6 nitrogen and oxygen atoms in total. The van der Waals surface area contributed by atoms with Gasteiger partial charge < -0.3 is 14.3 Å². The number of carbonyl (C=O) groups is 1. The van der Waals surface area contributed by atoms with Crippen molar-refractivity contribution in [2.45, 2.75) is 33.2 Å². The van der Waals surface area contributed by atoms with Crippen molar-refractivity contribution in [2.75, 3.05) is 26.0 Å². The van der Waals surface area contributed by atoms with Crippen molar-refractivity contribution >= 4 is 22.7 Å². The lowest BCUT2D eigenvalue weighted by Crippen LogP contribution is -2.26. The standard InChI is InChI=1S/C21H26N4O2/c1-13(2)18-11-17(19-14(3)23-27-20(19)22-18)21(26)25(6)12-15-7-9-16(10-8-15)24(4)5/h7-11,13H,12H2,1-6H3. The van der Waals surface area contributed by atoms with Gasteiger partial charge in [0.15, 0.2) is 0 Å². The summed E-state index contributed by atoms with van der Waals surface area (Å²) in [7, 11) is 5.83. The average Bonchev–Trinajstić information content (AvgIpc) is 3.01. The molecule has 0 bridgehead atoms. The number of fused-ring (bicyclic) bond motifs is 1. The van der Waals surface area contributed by atoms with Gasteiger partial charge in [0, 0.05) is 39.1 Å². The minimum atomic E-state index is -0.0627. The van der Waals surface area contributed by atoms with Crippen molar-refractivity contribution in [3.05, 3.63) is 52.8 Å². The van der Waals surface area contributed by atoms with E-state index in [2.05, 4.69) is 27.2 Å². The van der Waals surface area contributed by atoms with Crippen molar-refractivity contribution in [3.63, 3.8) is 0 Å². The number of carbonyl (C=O) groups excluding carboxylic acids is 1. The first-order valence-corrected chi connectivity index (χ1v) is 9.06. The second-order valence-corrected chi connectivity index (χ2v) is 7.42. The van der Waals surface area contributed by atoms with E-state index >= 15 is 0 Å². The Balaban J connectivity index is 1.91. The number of nitrogens with zero attached hydrogens (tertiary/aromatic N) is 4. The van der Waals surface area contributed by atoms with Gasteiger partial charge in [-0.15, -0.1) is 0 Å². The quantitative estimate of drug-likeness (QED) is 0.683. The molecule has 0 radical (unpaired) electrons. The minimum absolute atomic E-state index is 0.0627. The lowest BCUT2D eigenvalue weighted by atomic mass is 10.0. The predicted octanol–water partition coefficient (Wildman–Crippen LogP) is 3.99. The number of pyridine rings is 1. The van der Waals surface area contributed by atoms with Crippen LogP contribution in [0.25, 0.3) is 11.1 Å². The molecule has 27 heavy (non-hydrogen) atoms. The molecule has 0 N–H and O–H groups in total. The van der Waals surface area contributed by atoms with Crippen LogP contribution in [0.1, 0.15) is 47.1 Å². The average molecular weight is 366 g/mol. The summed E-state index contributed by atoms with van der Waals surface area (Å²) in [6.07, 6.45) is 0. The topological polar surface area (TPSA) is 62.5 Å². The molecule has 0 aliphatic heterocycles. The monoisotopic (exact) mass is 366 g/mol. The van der Waals surface area contributed by atoms with Crippen LogP contribution in [-0.4, -0.2) is 42.1 Å². The first-order chi connectivity index (χ1) is 12.8. The van der Waals surface area contributed by atoms with Gasteiger partial charge in [-0.2, -0.15) is 0 Å². The summed E-state index contributed by atoms with van der Waals surface area (Å²) in [4.78, 5) is 21.5. The van der Waals surface area contributed by atoms with Crippen molar-refractivity contribution in [3.8, 4) is 0 Å². The van der Waals surface area contributed by atoms with Crippen molar-refractivity contribution in [1.29, 1.82) is 0 Å². The first kappa shape index (κ1) is 18.9. The molecule has 0 saturated carbocycles. The maximum atomic E-state index is 13.2. The fourth-order valence-corrected chi connectivity index (χ4v) is 3.03. The molecule has 1 amide bonds. The van der Waals surface area contributed by atoms with Crippen molar-refractivity contribution in [1.82, 2.24) is 15.0 Å². The van der Waals surface area contributed by atoms with Gasteiger partial charge in [-0.05, 0) is 36.6 Å². The van der Waals surface area contributed by atoms with E-state index in [9.17, 15) is 4.79 Å². The summed E-state index contributed by atoms with van der Waals surface area (Å²) in [5.74, 6) is 0.127. The van der Waals surface area contributed by atoms with Gasteiger partial charge in [0.2, 0.25) is 0 Å². The number of anilines is 1. The normalized spacial score (nSPS) is 11.2. The molecule has 1 aromatic carbocycles. The van der Waals surface area contributed by atoms with Crippen molar-refractivity contribution < 1.29 is 9.32 Å². The summed E-state index contributed by atoms with van der Waals surface area (Å²) in [6, 6.07) is 10.1. The van der Waals surface area contributed by atoms with Gasteiger partial charge in [-0.25, -0.2) is 4.98 Å². The van der Waals surface area contributed by atoms with Crippen LogP contribution in [0.4, 0.5) is 5.69 Å². The molecule has 2 aromatic heterocycles. The highest BCUT2D eigenvalue weighted by atomic mass is 16.5. The number of benzene rings is 1. The van der Waals surface area contributed by atoms with E-state index in [1.165, 1.54) is 0 Å². The van der Waals surface area contributed by atoms with Crippen LogP contribution in [-0.2, 0) is 6.54 Å². The molecule has 0 spiro atoms. The van der Waals surface area contributed by atoms with Crippen molar-refractivity contribution in [2.24, 2.45) is 0 Å². The third kappa shape index (κ3) is 3.79. The molecule has 3 aromatic rings. The molecule has 0 atom stereocenters. The van der Waals surface area contributed by atoms with E-state index in [1.807, 2.05) is 60.1 Å². The van der Waals surface area contributed by atoms with Gasteiger partial charge in [0.1, 0.15) is 0 Å². The molecule has 0 saturated heterocycles. The molecular weight excluding hydrogens is 340 g/mol. The molecule has 142 valence electrons. The van der Waals surface area contributed by atoms with Crippen LogP contribution < -0.4 is 4.90 Å². The predicted molar refractivity (Wildman–Crippen MR) is 107 cm³/mol. The second kappa shape index (κ2) is 7.39. The Morgan fingerprint density at radius 1 is 1.15 bits per heavy atom. The Morgan fingerprint density at radius 2 is 1.81 bits per heavy atom. The molecule has 0 unspecified atom stereocenters. The third-order valence-corrected chi connectivity index (χ3v) is 4.68. The summed E-state index contributed by atoms with van der Waals surface area (Å²) < 4.78 is 5.33. The summed E-state index contributed by atoms with van der Waals surface area (Å²) >= 11 is 0. The Labute approximate surface area is 159 Å². The number of hydrogen-bond donors (Lipinski definition) is 0. The SMILES string of the molecule is Cc1noc2nc(C(C)C)cc(C(=O)N(C)Cc3ccc(N(C)C)cc3)c12. The van der Waals surface area contributed by atoms with Gasteiger partial charge >= 0.3 is 0 Å². The van der Waals surface area contributed by atoms with Gasteiger partial charge in [-0.3, -0.25) is 4.79 Å². The highest BCUT2D eigenvalue weighted by Gasteiger charge is 2.22. The van der Waals surface area contributed by atoms with E-state index in [4.69, 9.17) is 4.52 Å². The molecule has 0 aliphatic rings. The molecule has 3 rings (SSSR count). The Kier molecular flexibility index (Phi) is 5.17. The van der Waals surface area contributed by atoms with E-state index in [0.717, 1.165) is 16.9 Å². The van der Waals surface area contributed by atoms with E-state index < -0.39 is 0 Å². The minimum Gasteiger partial charge on any atom is -0.378 e. The number of rotatable bonds is 5. The van der Waals surface area contributed by atoms with Crippen LogP contribution in [0, 0.1) is 6.92 Å². The second-order valence-electron chi connectivity index (χ2n) is 7.42. The largest absolute Gasteiger partial charge is 0.378 e. The Bertz CT molecular complexity index is 958.